The molecule has 0 amide bonds. The Bertz CT molecular complexity index is 422. The molecule has 0 spiro atoms. The maximum absolute atomic E-state index is 9.91. The third-order valence-corrected chi connectivity index (χ3v) is 3.69. The summed E-state index contributed by atoms with van der Waals surface area (Å²) >= 11 is 6.07. The highest BCUT2D eigenvalue weighted by Crippen LogP contribution is 2.39. The Hall–Kier alpha value is -0.730. The molecule has 0 heterocycles. The zero-order chi connectivity index (χ0) is 11.9. The third kappa shape index (κ3) is 3.14. The summed E-state index contributed by atoms with van der Waals surface area (Å²) in [5.74, 6) is 1.58. The third-order valence-electron chi connectivity index (χ3n) is 3.47. The maximum atomic E-state index is 9.91. The molecule has 0 aromatic heterocycles. The predicted octanol–water partition coefficient (Wildman–Crippen LogP) is 3.20. The van der Waals surface area contributed by atoms with Gasteiger partial charge in [0.05, 0.1) is 12.2 Å². The summed E-state index contributed by atoms with van der Waals surface area (Å²) in [4.78, 5) is 0. The van der Waals surface area contributed by atoms with Crippen molar-refractivity contribution >= 4 is 11.6 Å². The molecule has 2 aliphatic carbocycles. The van der Waals surface area contributed by atoms with E-state index in [-0.39, 0.29) is 0 Å². The lowest BCUT2D eigenvalue weighted by atomic mass is 10.1. The van der Waals surface area contributed by atoms with Crippen LogP contribution in [0.3, 0.4) is 0 Å². The van der Waals surface area contributed by atoms with Crippen molar-refractivity contribution in [2.45, 2.75) is 37.7 Å². The van der Waals surface area contributed by atoms with Crippen molar-refractivity contribution in [2.75, 3.05) is 6.61 Å². The Kier molecular flexibility index (Phi) is 2.80. The summed E-state index contributed by atoms with van der Waals surface area (Å²) in [7, 11) is 0. The quantitative estimate of drug-likeness (QED) is 0.872. The van der Waals surface area contributed by atoms with Crippen LogP contribution in [0.15, 0.2) is 18.2 Å². The molecule has 2 nitrogen and oxygen atoms in total. The lowest BCUT2D eigenvalue weighted by Gasteiger charge is -2.11. The molecule has 2 saturated carbocycles. The van der Waals surface area contributed by atoms with Gasteiger partial charge in [-0.1, -0.05) is 11.6 Å². The number of benzene rings is 1. The van der Waals surface area contributed by atoms with Crippen LogP contribution in [0, 0.1) is 5.92 Å². The molecule has 2 fully saturated rings. The van der Waals surface area contributed by atoms with Crippen LogP contribution < -0.4 is 4.74 Å². The Morgan fingerprint density at radius 2 is 2.06 bits per heavy atom. The van der Waals surface area contributed by atoms with E-state index in [0.29, 0.717) is 11.4 Å². The lowest BCUT2D eigenvalue weighted by Crippen LogP contribution is -2.10. The van der Waals surface area contributed by atoms with Crippen LogP contribution in [-0.2, 0) is 6.42 Å². The zero-order valence-electron chi connectivity index (χ0n) is 9.79. The molecule has 0 bridgehead atoms. The lowest BCUT2D eigenvalue weighted by molar-refractivity contribution is 0.151. The van der Waals surface area contributed by atoms with Crippen molar-refractivity contribution in [2.24, 2.45) is 5.92 Å². The fraction of sp³-hybridized carbons (Fsp3) is 0.571. The molecule has 1 aromatic rings. The fourth-order valence-corrected chi connectivity index (χ4v) is 2.25. The van der Waals surface area contributed by atoms with Crippen LogP contribution in [0.25, 0.3) is 0 Å². The molecule has 1 aromatic carbocycles. The number of hydrogen-bond donors (Lipinski definition) is 1. The van der Waals surface area contributed by atoms with Gasteiger partial charge in [0.15, 0.2) is 0 Å². The highest BCUT2D eigenvalue weighted by Gasteiger charge is 2.40. The predicted molar refractivity (Wildman–Crippen MR) is 67.6 cm³/mol. The maximum Gasteiger partial charge on any atom is 0.121 e. The Morgan fingerprint density at radius 1 is 1.29 bits per heavy atom. The highest BCUT2D eigenvalue weighted by molar-refractivity contribution is 6.30. The smallest absolute Gasteiger partial charge is 0.121 e. The molecule has 0 radical (unpaired) electrons. The van der Waals surface area contributed by atoms with E-state index in [0.717, 1.165) is 36.7 Å². The molecule has 0 aliphatic heterocycles. The molecule has 0 atom stereocenters. The van der Waals surface area contributed by atoms with Gasteiger partial charge in [-0.05, 0) is 55.4 Å². The van der Waals surface area contributed by atoms with Gasteiger partial charge in [-0.25, -0.2) is 0 Å². The molecule has 0 saturated heterocycles. The Balaban J connectivity index is 1.69. The molecule has 1 N–H and O–H groups in total. The molecule has 0 unspecified atom stereocenters. The van der Waals surface area contributed by atoms with Crippen LogP contribution in [0.5, 0.6) is 5.75 Å². The molecular weight excluding hydrogens is 236 g/mol. The molecule has 2 aliphatic rings. The highest BCUT2D eigenvalue weighted by atomic mass is 35.5. The van der Waals surface area contributed by atoms with Crippen molar-refractivity contribution in [1.29, 1.82) is 0 Å². The van der Waals surface area contributed by atoms with Crippen molar-refractivity contribution < 1.29 is 9.84 Å². The van der Waals surface area contributed by atoms with E-state index in [1.165, 1.54) is 12.8 Å². The molecule has 3 heteroatoms. The summed E-state index contributed by atoms with van der Waals surface area (Å²) in [5, 5.41) is 10.6. The van der Waals surface area contributed by atoms with Crippen molar-refractivity contribution in [1.82, 2.24) is 0 Å². The average molecular weight is 253 g/mol. The minimum absolute atomic E-state index is 0.474. The van der Waals surface area contributed by atoms with E-state index in [9.17, 15) is 5.11 Å². The molecule has 92 valence electrons. The number of halogens is 1. The van der Waals surface area contributed by atoms with Crippen molar-refractivity contribution in [3.8, 4) is 5.75 Å². The number of aliphatic hydroxyl groups is 1. The van der Waals surface area contributed by atoms with E-state index >= 15 is 0 Å². The first-order valence-corrected chi connectivity index (χ1v) is 6.65. The van der Waals surface area contributed by atoms with Gasteiger partial charge in [0.1, 0.15) is 5.75 Å². The van der Waals surface area contributed by atoms with Crippen LogP contribution in [0.1, 0.15) is 31.2 Å². The van der Waals surface area contributed by atoms with Gasteiger partial charge in [-0.3, -0.25) is 0 Å². The largest absolute Gasteiger partial charge is 0.493 e. The monoisotopic (exact) mass is 252 g/mol. The second-order valence-corrected chi connectivity index (χ2v) is 5.89. The minimum atomic E-state index is -0.474. The van der Waals surface area contributed by atoms with Gasteiger partial charge >= 0.3 is 0 Å². The minimum Gasteiger partial charge on any atom is -0.493 e. The van der Waals surface area contributed by atoms with Gasteiger partial charge in [0.2, 0.25) is 0 Å². The van der Waals surface area contributed by atoms with Crippen molar-refractivity contribution in [3.05, 3.63) is 28.8 Å². The summed E-state index contributed by atoms with van der Waals surface area (Å²) in [6.45, 7) is 0.796. The second-order valence-electron chi connectivity index (χ2n) is 5.45. The van der Waals surface area contributed by atoms with Crippen LogP contribution >= 0.6 is 11.6 Å². The van der Waals surface area contributed by atoms with Crippen LogP contribution in [-0.4, -0.2) is 17.3 Å². The topological polar surface area (TPSA) is 29.5 Å². The van der Waals surface area contributed by atoms with Gasteiger partial charge in [0.25, 0.3) is 0 Å². The first-order valence-electron chi connectivity index (χ1n) is 6.28. The Morgan fingerprint density at radius 3 is 2.71 bits per heavy atom. The molecular formula is C14H17ClO2. The Labute approximate surface area is 107 Å². The van der Waals surface area contributed by atoms with E-state index in [4.69, 9.17) is 16.3 Å². The molecule has 17 heavy (non-hydrogen) atoms. The molecule has 3 rings (SSSR count). The van der Waals surface area contributed by atoms with Crippen LogP contribution in [0.4, 0.5) is 0 Å². The van der Waals surface area contributed by atoms with Gasteiger partial charge in [-0.2, -0.15) is 0 Å². The summed E-state index contributed by atoms with van der Waals surface area (Å²) in [6.07, 6.45) is 5.06. The zero-order valence-corrected chi connectivity index (χ0v) is 10.5. The first kappa shape index (κ1) is 11.4. The number of rotatable bonds is 5. The van der Waals surface area contributed by atoms with E-state index < -0.39 is 5.60 Å². The van der Waals surface area contributed by atoms with E-state index in [1.807, 2.05) is 18.2 Å². The van der Waals surface area contributed by atoms with Gasteiger partial charge < -0.3 is 9.84 Å². The average Bonchev–Trinajstić information content (AvgIpc) is 3.13. The number of hydrogen-bond acceptors (Lipinski definition) is 2. The first-order chi connectivity index (χ1) is 8.13. The normalized spacial score (nSPS) is 21.3. The van der Waals surface area contributed by atoms with Crippen molar-refractivity contribution in [3.63, 3.8) is 0 Å². The fourth-order valence-electron chi connectivity index (χ4n) is 2.01. The number of ether oxygens (including phenoxy) is 1. The van der Waals surface area contributed by atoms with E-state index in [2.05, 4.69) is 0 Å². The van der Waals surface area contributed by atoms with Crippen LogP contribution in [0.2, 0.25) is 5.02 Å². The van der Waals surface area contributed by atoms with Gasteiger partial charge in [-0.15, -0.1) is 0 Å². The summed E-state index contributed by atoms with van der Waals surface area (Å²) in [6, 6.07) is 5.77. The van der Waals surface area contributed by atoms with E-state index in [1.54, 1.807) is 0 Å². The SMILES string of the molecule is OC1(Cc2cc(Cl)cc(OCC3CC3)c2)CC1. The van der Waals surface area contributed by atoms with Gasteiger partial charge in [0, 0.05) is 11.4 Å². The summed E-state index contributed by atoms with van der Waals surface area (Å²) < 4.78 is 5.72. The summed E-state index contributed by atoms with van der Waals surface area (Å²) in [5.41, 5.74) is 0.599. The standard InChI is InChI=1S/C14H17ClO2/c15-12-5-11(8-14(16)3-4-14)6-13(7-12)17-9-10-1-2-10/h5-7,10,16H,1-4,8-9H2. The second kappa shape index (κ2) is 4.18.